The molecule has 4 aliphatic rings. The van der Waals surface area contributed by atoms with Gasteiger partial charge in [-0.2, -0.15) is 0 Å². The first-order valence-electron chi connectivity index (χ1n) is 12.8. The number of carbonyl (C=O) groups excluding carboxylic acids is 5. The zero-order chi connectivity index (χ0) is 27.2. The molecule has 7 heteroatoms. The van der Waals surface area contributed by atoms with Crippen LogP contribution in [-0.2, 0) is 25.6 Å². The van der Waals surface area contributed by atoms with Crippen molar-refractivity contribution in [3.05, 3.63) is 47.1 Å². The molecule has 0 aromatic heterocycles. The van der Waals surface area contributed by atoms with Gasteiger partial charge in [0.1, 0.15) is 17.5 Å². The lowest BCUT2D eigenvalue weighted by Crippen LogP contribution is -2.76. The Morgan fingerprint density at radius 2 is 1.76 bits per heavy atom. The molecule has 0 spiro atoms. The second-order valence-electron chi connectivity index (χ2n) is 12.1. The molecule has 2 N–H and O–H groups in total. The smallest absolute Gasteiger partial charge is 0.190 e. The van der Waals surface area contributed by atoms with E-state index < -0.39 is 63.1 Å². The van der Waals surface area contributed by atoms with Gasteiger partial charge in [-0.05, 0) is 60.3 Å². The van der Waals surface area contributed by atoms with Gasteiger partial charge in [0.2, 0.25) is 0 Å². The van der Waals surface area contributed by atoms with E-state index in [0.29, 0.717) is 12.0 Å². The minimum atomic E-state index is -2.67. The summed E-state index contributed by atoms with van der Waals surface area (Å²) in [4.78, 5) is 67.9. The Balaban J connectivity index is 1.74. The molecular weight excluding hydrogens is 472 g/mol. The lowest BCUT2D eigenvalue weighted by molar-refractivity contribution is -0.205. The van der Waals surface area contributed by atoms with E-state index in [2.05, 4.69) is 0 Å². The van der Waals surface area contributed by atoms with Crippen molar-refractivity contribution in [1.82, 2.24) is 0 Å². The highest BCUT2D eigenvalue weighted by Gasteiger charge is 2.76. The van der Waals surface area contributed by atoms with Gasteiger partial charge < -0.3 is 10.2 Å². The third kappa shape index (κ3) is 3.06. The molecule has 6 atom stereocenters. The molecule has 37 heavy (non-hydrogen) atoms. The predicted octanol–water partition coefficient (Wildman–Crippen LogP) is 3.44. The molecule has 0 heterocycles. The molecule has 2 fully saturated rings. The van der Waals surface area contributed by atoms with Crippen molar-refractivity contribution >= 4 is 34.5 Å². The fourth-order valence-electron chi connectivity index (χ4n) is 8.08. The number of phenols is 1. The number of carbonyl (C=O) groups is 5. The van der Waals surface area contributed by atoms with Gasteiger partial charge >= 0.3 is 0 Å². The van der Waals surface area contributed by atoms with Crippen LogP contribution in [0.2, 0.25) is 0 Å². The zero-order valence-corrected chi connectivity index (χ0v) is 21.8. The van der Waals surface area contributed by atoms with Gasteiger partial charge in [0, 0.05) is 11.3 Å². The van der Waals surface area contributed by atoms with Gasteiger partial charge in [0.05, 0.1) is 11.5 Å². The topological polar surface area (TPSA) is 126 Å². The number of fused-ring (bicyclic) bond motifs is 3. The summed E-state index contributed by atoms with van der Waals surface area (Å²) in [5, 5.41) is 22.8. The molecule has 0 saturated heterocycles. The molecule has 5 rings (SSSR count). The molecular formula is C30H32O7. The summed E-state index contributed by atoms with van der Waals surface area (Å²) in [6.45, 7) is 8.03. The van der Waals surface area contributed by atoms with Crippen LogP contribution in [0.1, 0.15) is 68.9 Å². The summed E-state index contributed by atoms with van der Waals surface area (Å²) >= 11 is 0. The van der Waals surface area contributed by atoms with Crippen molar-refractivity contribution in [2.45, 2.75) is 59.5 Å². The third-order valence-corrected chi connectivity index (χ3v) is 9.38. The minimum Gasteiger partial charge on any atom is -0.507 e. The number of benzene rings is 1. The second kappa shape index (κ2) is 7.90. The largest absolute Gasteiger partial charge is 0.507 e. The van der Waals surface area contributed by atoms with E-state index in [9.17, 15) is 34.2 Å². The van der Waals surface area contributed by atoms with Crippen LogP contribution in [0, 0.1) is 34.5 Å². The number of aliphatic hydroxyl groups is 1. The minimum absolute atomic E-state index is 0.0381. The molecule has 0 aliphatic heterocycles. The Hall–Kier alpha value is -3.19. The molecule has 7 nitrogen and oxygen atoms in total. The van der Waals surface area contributed by atoms with Gasteiger partial charge in [-0.3, -0.25) is 24.0 Å². The van der Waals surface area contributed by atoms with E-state index in [1.54, 1.807) is 33.8 Å². The highest BCUT2D eigenvalue weighted by Crippen LogP contribution is 2.64. The Morgan fingerprint density at radius 3 is 2.32 bits per heavy atom. The molecule has 0 amide bonds. The SMILES string of the molecule is CC(=O)C1C(=O)C(C(C)C)[C@@]2(C)C[C@@]3(C)Cc4c(C5=CC=CC5)ccc(O)c4C(=O)C3C(=O)[C@@]2(O)C1=O. The van der Waals surface area contributed by atoms with E-state index in [1.165, 1.54) is 6.07 Å². The Bertz CT molecular complexity index is 1360. The lowest BCUT2D eigenvalue weighted by atomic mass is 9.40. The first-order chi connectivity index (χ1) is 17.2. The number of rotatable bonds is 3. The number of ketones is 5. The van der Waals surface area contributed by atoms with E-state index in [-0.39, 0.29) is 30.1 Å². The van der Waals surface area contributed by atoms with E-state index in [4.69, 9.17) is 0 Å². The van der Waals surface area contributed by atoms with Gasteiger partial charge in [0.25, 0.3) is 0 Å². The van der Waals surface area contributed by atoms with Crippen molar-refractivity contribution in [2.75, 3.05) is 0 Å². The Morgan fingerprint density at radius 1 is 1.08 bits per heavy atom. The van der Waals surface area contributed by atoms with Gasteiger partial charge in [-0.25, -0.2) is 0 Å². The molecule has 1 aromatic rings. The number of phenolic OH excluding ortho intramolecular Hbond substituents is 1. The van der Waals surface area contributed by atoms with Crippen LogP contribution in [-0.4, -0.2) is 44.7 Å². The predicted molar refractivity (Wildman–Crippen MR) is 135 cm³/mol. The van der Waals surface area contributed by atoms with Crippen molar-refractivity contribution in [3.63, 3.8) is 0 Å². The van der Waals surface area contributed by atoms with Crippen LogP contribution in [0.5, 0.6) is 5.75 Å². The van der Waals surface area contributed by atoms with Crippen LogP contribution in [0.25, 0.3) is 5.57 Å². The number of hydrogen-bond donors (Lipinski definition) is 2. The Kier molecular flexibility index (Phi) is 5.44. The average Bonchev–Trinajstić information content (AvgIpc) is 3.30. The molecule has 4 aliphatic carbocycles. The zero-order valence-electron chi connectivity index (χ0n) is 21.8. The maximum Gasteiger partial charge on any atom is 0.190 e. The maximum absolute atomic E-state index is 14.2. The highest BCUT2D eigenvalue weighted by atomic mass is 16.3. The van der Waals surface area contributed by atoms with E-state index in [0.717, 1.165) is 18.1 Å². The van der Waals surface area contributed by atoms with Crippen LogP contribution in [0.15, 0.2) is 30.4 Å². The van der Waals surface area contributed by atoms with Crippen LogP contribution in [0.3, 0.4) is 0 Å². The van der Waals surface area contributed by atoms with Crippen molar-refractivity contribution in [3.8, 4) is 5.75 Å². The van der Waals surface area contributed by atoms with Crippen molar-refractivity contribution in [1.29, 1.82) is 0 Å². The summed E-state index contributed by atoms with van der Waals surface area (Å²) in [6.07, 6.45) is 6.84. The van der Waals surface area contributed by atoms with Crippen molar-refractivity contribution < 1.29 is 34.2 Å². The molecule has 194 valence electrons. The fourth-order valence-corrected chi connectivity index (χ4v) is 8.08. The number of Topliss-reactive ketones (excluding diaryl/α,β-unsaturated/α-hetero) is 5. The first-order valence-corrected chi connectivity index (χ1v) is 12.8. The third-order valence-electron chi connectivity index (χ3n) is 9.38. The van der Waals surface area contributed by atoms with Crippen LogP contribution in [0.4, 0.5) is 0 Å². The second-order valence-corrected chi connectivity index (χ2v) is 12.1. The monoisotopic (exact) mass is 504 g/mol. The lowest BCUT2D eigenvalue weighted by Gasteiger charge is -2.61. The van der Waals surface area contributed by atoms with Gasteiger partial charge in [-0.15, -0.1) is 0 Å². The highest BCUT2D eigenvalue weighted by molar-refractivity contribution is 6.32. The normalized spacial score (nSPS) is 36.8. The maximum atomic E-state index is 14.2. The fraction of sp³-hybridized carbons (Fsp3) is 0.500. The summed E-state index contributed by atoms with van der Waals surface area (Å²) in [7, 11) is 0. The molecule has 3 unspecified atom stereocenters. The quantitative estimate of drug-likeness (QED) is 0.604. The van der Waals surface area contributed by atoms with Crippen LogP contribution >= 0.6 is 0 Å². The van der Waals surface area contributed by atoms with Gasteiger partial charge in [0.15, 0.2) is 28.7 Å². The summed E-state index contributed by atoms with van der Waals surface area (Å²) in [5.41, 5.74) is -2.72. The standard InChI is InChI=1S/C30H32O7/c1-14(2)22-24(33)20(15(3)31)26(35)30(37)27(36)23-25(34)21-18(12-28(23,4)13-29(22,30)5)17(10-11-19(21)32)16-8-6-7-9-16/h6-8,10-11,14,20,22-23,32,37H,9,12-13H2,1-5H3/t20?,22?,23?,28-,29-,30+/m1/s1. The Labute approximate surface area is 215 Å². The molecule has 0 radical (unpaired) electrons. The first kappa shape index (κ1) is 25.5. The van der Waals surface area contributed by atoms with E-state index in [1.807, 2.05) is 18.2 Å². The van der Waals surface area contributed by atoms with Crippen molar-refractivity contribution in [2.24, 2.45) is 34.5 Å². The summed E-state index contributed by atoms with van der Waals surface area (Å²) in [6, 6.07) is 3.21. The number of hydrogen-bond acceptors (Lipinski definition) is 7. The average molecular weight is 505 g/mol. The van der Waals surface area contributed by atoms with E-state index >= 15 is 0 Å². The molecule has 2 saturated carbocycles. The van der Waals surface area contributed by atoms with Gasteiger partial charge in [-0.1, -0.05) is 52.0 Å². The summed E-state index contributed by atoms with van der Waals surface area (Å²) in [5.74, 6) is -8.73. The van der Waals surface area contributed by atoms with Crippen LogP contribution < -0.4 is 0 Å². The molecule has 0 bridgehead atoms. The number of aromatic hydroxyl groups is 1. The summed E-state index contributed by atoms with van der Waals surface area (Å²) < 4.78 is 0. The number of allylic oxidation sites excluding steroid dienone is 4. The molecule has 1 aromatic carbocycles.